The number of carbonyl (C=O) groups excluding carboxylic acids is 1. The topological polar surface area (TPSA) is 29.4 Å². The highest BCUT2D eigenvalue weighted by atomic mass is 16.1. The molecule has 132 valence electrons. The second-order valence-electron chi connectivity index (χ2n) is 3.31. The zero-order valence-corrected chi connectivity index (χ0v) is 17.2. The molecule has 0 fully saturated rings. The van der Waals surface area contributed by atoms with Gasteiger partial charge in [0.05, 0.1) is 0 Å². The van der Waals surface area contributed by atoms with E-state index in [0.717, 1.165) is 12.0 Å². The van der Waals surface area contributed by atoms with Gasteiger partial charge >= 0.3 is 0 Å². The molecule has 0 aliphatic rings. The lowest BCUT2D eigenvalue weighted by atomic mass is 10.4. The largest absolute Gasteiger partial charge is 0.304 e. The van der Waals surface area contributed by atoms with Gasteiger partial charge in [-0.15, -0.1) is 0 Å². The van der Waals surface area contributed by atoms with E-state index in [4.69, 9.17) is 4.79 Å². The van der Waals surface area contributed by atoms with Gasteiger partial charge < -0.3 is 4.79 Å². The molecule has 0 aromatic heterocycles. The molecule has 0 bridgehead atoms. The van der Waals surface area contributed by atoms with Gasteiger partial charge in [0.2, 0.25) is 0 Å². The monoisotopic (exact) mass is 303 g/mol. The van der Waals surface area contributed by atoms with Crippen LogP contribution in [0.1, 0.15) is 95.4 Å². The van der Waals surface area contributed by atoms with Gasteiger partial charge in [0.1, 0.15) is 6.29 Å². The molecule has 0 unspecified atom stereocenters. The van der Waals surface area contributed by atoms with Gasteiger partial charge in [-0.25, -0.2) is 0 Å². The third-order valence-electron chi connectivity index (χ3n) is 1.26. The standard InChI is InChI=1S/C6H11N.C4H10.C3H8.C2H4O.2C2H6/c1-4-5-6(2)7-3;1-3-4-2;1-3-2;1-2-3;2*1-2/h4-5H,1-3H3;3-4H2,1-2H3;3H2,1-2H3;2H,1H3;2*1-2H3/b5-4-,7-6?;;;;;. The Morgan fingerprint density at radius 3 is 1.19 bits per heavy atom. The molecule has 2 nitrogen and oxygen atoms in total. The van der Waals surface area contributed by atoms with Crippen molar-refractivity contribution in [1.29, 1.82) is 0 Å². The predicted molar refractivity (Wildman–Crippen MR) is 105 cm³/mol. The molecule has 0 radical (unpaired) electrons. The van der Waals surface area contributed by atoms with Crippen LogP contribution in [0.3, 0.4) is 0 Å². The Labute approximate surface area is 137 Å². The Hall–Kier alpha value is -0.920. The lowest BCUT2D eigenvalue weighted by Crippen LogP contribution is -1.79. The van der Waals surface area contributed by atoms with Crippen molar-refractivity contribution in [2.45, 2.75) is 95.4 Å². The van der Waals surface area contributed by atoms with Crippen LogP contribution in [-0.2, 0) is 4.79 Å². The van der Waals surface area contributed by atoms with Crippen LogP contribution in [0.25, 0.3) is 0 Å². The van der Waals surface area contributed by atoms with Gasteiger partial charge in [-0.1, -0.05) is 80.7 Å². The Bertz CT molecular complexity index is 159. The Kier molecular flexibility index (Phi) is 133. The summed E-state index contributed by atoms with van der Waals surface area (Å²) in [4.78, 5) is 12.7. The number of rotatable bonds is 2. The minimum atomic E-state index is 0.750. The van der Waals surface area contributed by atoms with Gasteiger partial charge in [-0.3, -0.25) is 4.99 Å². The van der Waals surface area contributed by atoms with E-state index in [2.05, 4.69) is 32.7 Å². The molecule has 0 heterocycles. The fraction of sp³-hybridized carbons (Fsp3) is 0.789. The lowest BCUT2D eigenvalue weighted by Gasteiger charge is -1.80. The average molecular weight is 304 g/mol. The summed E-state index contributed by atoms with van der Waals surface area (Å²) in [6.07, 6.45) is 8.59. The van der Waals surface area contributed by atoms with E-state index in [1.165, 1.54) is 26.2 Å². The quantitative estimate of drug-likeness (QED) is 0.394. The molecule has 0 aliphatic carbocycles. The second-order valence-corrected chi connectivity index (χ2v) is 3.31. The first-order valence-electron chi connectivity index (χ1n) is 8.51. The number of aliphatic imine (C=N–C) groups is 1. The molecule has 0 aromatic rings. The van der Waals surface area contributed by atoms with Gasteiger partial charge in [0.15, 0.2) is 0 Å². The summed E-state index contributed by atoms with van der Waals surface area (Å²) >= 11 is 0. The molecule has 0 saturated carbocycles. The maximum absolute atomic E-state index is 8.81. The number of hydrogen-bond acceptors (Lipinski definition) is 2. The van der Waals surface area contributed by atoms with Crippen molar-refractivity contribution >= 4 is 12.0 Å². The van der Waals surface area contributed by atoms with E-state index in [-0.39, 0.29) is 0 Å². The number of hydrogen-bond donors (Lipinski definition) is 0. The van der Waals surface area contributed by atoms with Crippen LogP contribution in [0.2, 0.25) is 0 Å². The first-order chi connectivity index (χ1) is 10.1. The summed E-state index contributed by atoms with van der Waals surface area (Å²) in [5, 5.41) is 0. The zero-order valence-electron chi connectivity index (χ0n) is 17.2. The maximum atomic E-state index is 8.81. The van der Waals surface area contributed by atoms with E-state index >= 15 is 0 Å². The smallest absolute Gasteiger partial charge is 0.116 e. The van der Waals surface area contributed by atoms with Gasteiger partial charge in [0.25, 0.3) is 0 Å². The molecule has 2 heteroatoms. The highest BCUT2D eigenvalue weighted by molar-refractivity contribution is 5.92. The SMILES string of the molecule is C/C=C\C(C)=NC.CC.CC.CC=O.CCC.CCCC. The molecular weight excluding hydrogens is 258 g/mol. The summed E-state index contributed by atoms with van der Waals surface area (Å²) in [6, 6.07) is 0. The number of allylic oxidation sites excluding steroid dienone is 2. The summed E-state index contributed by atoms with van der Waals surface area (Å²) in [7, 11) is 1.79. The summed E-state index contributed by atoms with van der Waals surface area (Å²) in [5.41, 5.74) is 1.07. The molecule has 21 heavy (non-hydrogen) atoms. The van der Waals surface area contributed by atoms with Gasteiger partial charge in [0, 0.05) is 12.8 Å². The van der Waals surface area contributed by atoms with E-state index < -0.39 is 0 Å². The van der Waals surface area contributed by atoms with Gasteiger partial charge in [-0.05, 0) is 26.8 Å². The van der Waals surface area contributed by atoms with Crippen LogP contribution in [0.4, 0.5) is 0 Å². The number of nitrogens with zero attached hydrogens (tertiary/aromatic N) is 1. The van der Waals surface area contributed by atoms with Crippen molar-refractivity contribution < 1.29 is 4.79 Å². The molecule has 0 N–H and O–H groups in total. The van der Waals surface area contributed by atoms with Crippen molar-refractivity contribution in [3.8, 4) is 0 Å². The van der Waals surface area contributed by atoms with Gasteiger partial charge in [-0.2, -0.15) is 0 Å². The average Bonchev–Trinajstić information content (AvgIpc) is 2.53. The molecule has 0 rings (SSSR count). The molecular formula is C19H45NO. The van der Waals surface area contributed by atoms with Crippen molar-refractivity contribution in [3.63, 3.8) is 0 Å². The minimum absolute atomic E-state index is 0.750. The zero-order chi connectivity index (χ0) is 18.5. The van der Waals surface area contributed by atoms with Crippen LogP contribution >= 0.6 is 0 Å². The van der Waals surface area contributed by atoms with Crippen LogP contribution in [-0.4, -0.2) is 19.0 Å². The highest BCUT2D eigenvalue weighted by Crippen LogP contribution is 1.77. The first kappa shape index (κ1) is 36.9. The molecule has 0 atom stereocenters. The molecule has 0 spiro atoms. The Balaban J connectivity index is -0.0000000350. The predicted octanol–water partition coefficient (Wildman–Crippen LogP) is 7.13. The summed E-state index contributed by atoms with van der Waals surface area (Å²) < 4.78 is 0. The van der Waals surface area contributed by atoms with Crippen LogP contribution in [0, 0.1) is 0 Å². The number of carbonyl (C=O) groups is 1. The normalized spacial score (nSPS) is 7.90. The molecule has 0 saturated heterocycles. The van der Waals surface area contributed by atoms with Crippen molar-refractivity contribution in [2.75, 3.05) is 7.05 Å². The number of unbranched alkanes of at least 4 members (excludes halogenated alkanes) is 1. The summed E-state index contributed by atoms with van der Waals surface area (Å²) in [6.45, 7) is 22.0. The van der Waals surface area contributed by atoms with Crippen LogP contribution < -0.4 is 0 Å². The lowest BCUT2D eigenvalue weighted by molar-refractivity contribution is -0.106. The maximum Gasteiger partial charge on any atom is 0.116 e. The molecule has 0 amide bonds. The minimum Gasteiger partial charge on any atom is -0.304 e. The van der Waals surface area contributed by atoms with Crippen molar-refractivity contribution in [2.24, 2.45) is 4.99 Å². The van der Waals surface area contributed by atoms with E-state index in [0.29, 0.717) is 0 Å². The Morgan fingerprint density at radius 2 is 1.14 bits per heavy atom. The van der Waals surface area contributed by atoms with Crippen LogP contribution in [0.5, 0.6) is 0 Å². The van der Waals surface area contributed by atoms with E-state index in [1.807, 2.05) is 53.7 Å². The number of aldehydes is 1. The fourth-order valence-corrected chi connectivity index (χ4v) is 0.316. The molecule has 0 aromatic carbocycles. The van der Waals surface area contributed by atoms with E-state index in [1.54, 1.807) is 7.05 Å². The van der Waals surface area contributed by atoms with Crippen molar-refractivity contribution in [3.05, 3.63) is 12.2 Å². The highest BCUT2D eigenvalue weighted by Gasteiger charge is 1.71. The first-order valence-corrected chi connectivity index (χ1v) is 8.51. The molecule has 0 aliphatic heterocycles. The van der Waals surface area contributed by atoms with E-state index in [9.17, 15) is 0 Å². The third-order valence-corrected chi connectivity index (χ3v) is 1.26. The fourth-order valence-electron chi connectivity index (χ4n) is 0.316. The summed E-state index contributed by atoms with van der Waals surface area (Å²) in [5.74, 6) is 0. The third kappa shape index (κ3) is 216. The Morgan fingerprint density at radius 1 is 0.905 bits per heavy atom. The second kappa shape index (κ2) is 75.6. The van der Waals surface area contributed by atoms with Crippen LogP contribution in [0.15, 0.2) is 17.1 Å². The van der Waals surface area contributed by atoms with Crippen molar-refractivity contribution in [1.82, 2.24) is 0 Å².